The molecule has 0 fully saturated rings. The molecular formula is C12H8Cl2N4O2. The first-order chi connectivity index (χ1) is 9.58. The normalized spacial score (nSPS) is 10.7. The van der Waals surface area contributed by atoms with Crippen LogP contribution in [0, 0.1) is 10.1 Å². The summed E-state index contributed by atoms with van der Waals surface area (Å²) in [5.74, 6) is 0.0637. The highest BCUT2D eigenvalue weighted by Crippen LogP contribution is 2.22. The SMILES string of the molecule is O=[N+]([O-])c1cccnc1N/N=C/c1ccc(Cl)c(Cl)c1. The fraction of sp³-hybridized carbons (Fsp3) is 0. The molecule has 0 radical (unpaired) electrons. The van der Waals surface area contributed by atoms with Crippen LogP contribution in [0.25, 0.3) is 0 Å². The summed E-state index contributed by atoms with van der Waals surface area (Å²) >= 11 is 11.7. The molecule has 1 heterocycles. The van der Waals surface area contributed by atoms with E-state index >= 15 is 0 Å². The molecule has 2 aromatic rings. The minimum Gasteiger partial charge on any atom is -0.258 e. The van der Waals surface area contributed by atoms with E-state index in [1.165, 1.54) is 24.5 Å². The predicted molar refractivity (Wildman–Crippen MR) is 78.6 cm³/mol. The quantitative estimate of drug-likeness (QED) is 0.530. The monoisotopic (exact) mass is 310 g/mol. The molecule has 0 spiro atoms. The van der Waals surface area contributed by atoms with Gasteiger partial charge >= 0.3 is 5.69 Å². The van der Waals surface area contributed by atoms with Crippen molar-refractivity contribution in [3.8, 4) is 0 Å². The van der Waals surface area contributed by atoms with E-state index in [0.29, 0.717) is 15.6 Å². The van der Waals surface area contributed by atoms with E-state index in [1.807, 2.05) is 0 Å². The van der Waals surface area contributed by atoms with Crippen LogP contribution in [-0.2, 0) is 0 Å². The topological polar surface area (TPSA) is 80.4 Å². The lowest BCUT2D eigenvalue weighted by molar-refractivity contribution is -0.384. The Hall–Kier alpha value is -2.18. The standard InChI is InChI=1S/C12H8Cl2N4O2/c13-9-4-3-8(6-10(9)14)7-16-17-12-11(18(19)20)2-1-5-15-12/h1-7H,(H,15,17)/b16-7+. The molecule has 6 nitrogen and oxygen atoms in total. The summed E-state index contributed by atoms with van der Waals surface area (Å²) in [7, 11) is 0. The summed E-state index contributed by atoms with van der Waals surface area (Å²) in [5, 5.41) is 15.5. The molecule has 0 aliphatic carbocycles. The number of hydrogen-bond donors (Lipinski definition) is 1. The number of pyridine rings is 1. The number of rotatable bonds is 4. The first-order valence-corrected chi connectivity index (χ1v) is 6.17. The molecule has 1 N–H and O–H groups in total. The first kappa shape index (κ1) is 14.2. The third kappa shape index (κ3) is 3.43. The Kier molecular flexibility index (Phi) is 4.49. The predicted octanol–water partition coefficient (Wildman–Crippen LogP) is 3.74. The number of nitro groups is 1. The Morgan fingerprint density at radius 3 is 2.80 bits per heavy atom. The van der Waals surface area contributed by atoms with Crippen LogP contribution in [0.3, 0.4) is 0 Å². The van der Waals surface area contributed by atoms with Gasteiger partial charge in [-0.25, -0.2) is 4.98 Å². The van der Waals surface area contributed by atoms with Gasteiger partial charge in [-0.1, -0.05) is 29.3 Å². The van der Waals surface area contributed by atoms with Crippen molar-refractivity contribution in [2.75, 3.05) is 5.43 Å². The number of anilines is 1. The van der Waals surface area contributed by atoms with Gasteiger partial charge in [0.2, 0.25) is 5.82 Å². The maximum absolute atomic E-state index is 10.8. The van der Waals surface area contributed by atoms with E-state index in [1.54, 1.807) is 18.2 Å². The molecule has 1 aromatic carbocycles. The maximum atomic E-state index is 10.8. The zero-order chi connectivity index (χ0) is 14.5. The largest absolute Gasteiger partial charge is 0.313 e. The second-order valence-corrected chi connectivity index (χ2v) is 4.49. The molecular weight excluding hydrogens is 303 g/mol. The Labute approximate surface area is 124 Å². The van der Waals surface area contributed by atoms with Crippen molar-refractivity contribution in [3.63, 3.8) is 0 Å². The number of nitrogens with one attached hydrogen (secondary N) is 1. The van der Waals surface area contributed by atoms with Crippen molar-refractivity contribution in [2.45, 2.75) is 0 Å². The molecule has 2 rings (SSSR count). The molecule has 102 valence electrons. The van der Waals surface area contributed by atoms with E-state index in [9.17, 15) is 10.1 Å². The van der Waals surface area contributed by atoms with Crippen molar-refractivity contribution in [3.05, 3.63) is 62.3 Å². The molecule has 0 amide bonds. The van der Waals surface area contributed by atoms with Crippen molar-refractivity contribution in [1.29, 1.82) is 0 Å². The maximum Gasteiger partial charge on any atom is 0.313 e. The molecule has 20 heavy (non-hydrogen) atoms. The molecule has 0 saturated carbocycles. The van der Waals surface area contributed by atoms with Crippen LogP contribution < -0.4 is 5.43 Å². The van der Waals surface area contributed by atoms with E-state index in [4.69, 9.17) is 23.2 Å². The van der Waals surface area contributed by atoms with E-state index in [-0.39, 0.29) is 11.5 Å². The lowest BCUT2D eigenvalue weighted by Gasteiger charge is -2.00. The summed E-state index contributed by atoms with van der Waals surface area (Å²) in [5.41, 5.74) is 3.06. The fourth-order valence-electron chi connectivity index (χ4n) is 1.39. The van der Waals surface area contributed by atoms with Gasteiger partial charge in [0, 0.05) is 12.3 Å². The Balaban J connectivity index is 2.14. The van der Waals surface area contributed by atoms with Gasteiger partial charge in [0.05, 0.1) is 21.2 Å². The van der Waals surface area contributed by atoms with Gasteiger partial charge < -0.3 is 0 Å². The molecule has 0 bridgehead atoms. The summed E-state index contributed by atoms with van der Waals surface area (Å²) in [6.07, 6.45) is 2.89. The van der Waals surface area contributed by atoms with E-state index in [2.05, 4.69) is 15.5 Å². The van der Waals surface area contributed by atoms with Gasteiger partial charge in [0.25, 0.3) is 0 Å². The first-order valence-electron chi connectivity index (χ1n) is 5.41. The highest BCUT2D eigenvalue weighted by atomic mass is 35.5. The molecule has 1 aromatic heterocycles. The number of hydrogen-bond acceptors (Lipinski definition) is 5. The lowest BCUT2D eigenvalue weighted by atomic mass is 10.2. The van der Waals surface area contributed by atoms with Crippen molar-refractivity contribution in [2.24, 2.45) is 5.10 Å². The van der Waals surface area contributed by atoms with Crippen LogP contribution in [0.15, 0.2) is 41.6 Å². The summed E-state index contributed by atoms with van der Waals surface area (Å²) in [6, 6.07) is 7.79. The van der Waals surface area contributed by atoms with Crippen LogP contribution in [0.2, 0.25) is 10.0 Å². The Bertz CT molecular complexity index is 676. The fourth-order valence-corrected chi connectivity index (χ4v) is 1.70. The minimum atomic E-state index is -0.538. The molecule has 0 saturated heterocycles. The zero-order valence-electron chi connectivity index (χ0n) is 9.96. The number of hydrazone groups is 1. The highest BCUT2D eigenvalue weighted by molar-refractivity contribution is 6.42. The lowest BCUT2D eigenvalue weighted by Crippen LogP contribution is -1.98. The van der Waals surface area contributed by atoms with Crippen LogP contribution in [0.5, 0.6) is 0 Å². The van der Waals surface area contributed by atoms with Crippen LogP contribution in [0.1, 0.15) is 5.56 Å². The van der Waals surface area contributed by atoms with Gasteiger partial charge in [0.1, 0.15) is 0 Å². The number of nitrogens with zero attached hydrogens (tertiary/aromatic N) is 3. The van der Waals surface area contributed by atoms with Gasteiger partial charge in [-0.3, -0.25) is 15.5 Å². The molecule has 0 unspecified atom stereocenters. The van der Waals surface area contributed by atoms with Gasteiger partial charge in [-0.05, 0) is 23.8 Å². The molecule has 0 aliphatic rings. The van der Waals surface area contributed by atoms with Crippen LogP contribution in [-0.4, -0.2) is 16.1 Å². The van der Waals surface area contributed by atoms with Crippen molar-refractivity contribution >= 4 is 40.9 Å². The van der Waals surface area contributed by atoms with Crippen molar-refractivity contribution < 1.29 is 4.92 Å². The van der Waals surface area contributed by atoms with Gasteiger partial charge in [-0.2, -0.15) is 5.10 Å². The summed E-state index contributed by atoms with van der Waals surface area (Å²) < 4.78 is 0. The van der Waals surface area contributed by atoms with E-state index < -0.39 is 4.92 Å². The summed E-state index contributed by atoms with van der Waals surface area (Å²) in [6.45, 7) is 0. The minimum absolute atomic E-state index is 0.0637. The number of halogens is 2. The molecule has 0 atom stereocenters. The third-order valence-corrected chi connectivity index (χ3v) is 3.05. The Morgan fingerprint density at radius 2 is 2.10 bits per heavy atom. The van der Waals surface area contributed by atoms with Gasteiger partial charge in [0.15, 0.2) is 0 Å². The summed E-state index contributed by atoms with van der Waals surface area (Å²) in [4.78, 5) is 14.1. The van der Waals surface area contributed by atoms with Crippen molar-refractivity contribution in [1.82, 2.24) is 4.98 Å². The highest BCUT2D eigenvalue weighted by Gasteiger charge is 2.12. The zero-order valence-corrected chi connectivity index (χ0v) is 11.5. The number of benzene rings is 1. The third-order valence-electron chi connectivity index (χ3n) is 2.31. The average Bonchev–Trinajstić information content (AvgIpc) is 2.43. The average molecular weight is 311 g/mol. The number of aromatic nitrogens is 1. The van der Waals surface area contributed by atoms with Crippen LogP contribution in [0.4, 0.5) is 11.5 Å². The second kappa shape index (κ2) is 6.31. The molecule has 0 aliphatic heterocycles. The van der Waals surface area contributed by atoms with Gasteiger partial charge in [-0.15, -0.1) is 0 Å². The van der Waals surface area contributed by atoms with Crippen LogP contribution >= 0.6 is 23.2 Å². The second-order valence-electron chi connectivity index (χ2n) is 3.67. The van der Waals surface area contributed by atoms with E-state index in [0.717, 1.165) is 0 Å². The smallest absolute Gasteiger partial charge is 0.258 e. The molecule has 8 heteroatoms. The Morgan fingerprint density at radius 1 is 1.30 bits per heavy atom.